The molecule has 5 heteroatoms. The predicted molar refractivity (Wildman–Crippen MR) is 75.2 cm³/mol. The van der Waals surface area contributed by atoms with E-state index in [1.54, 1.807) is 6.20 Å². The molecule has 1 aliphatic rings. The highest BCUT2D eigenvalue weighted by Crippen LogP contribution is 2.29. The first kappa shape index (κ1) is 12.7. The van der Waals surface area contributed by atoms with E-state index in [2.05, 4.69) is 21.6 Å². The van der Waals surface area contributed by atoms with Gasteiger partial charge in [-0.15, -0.1) is 0 Å². The number of nitrogens with one attached hydrogen (secondary N) is 2. The van der Waals surface area contributed by atoms with Crippen molar-refractivity contribution in [1.29, 1.82) is 0 Å². The van der Waals surface area contributed by atoms with Gasteiger partial charge in [0.25, 0.3) is 0 Å². The first-order valence-corrected chi connectivity index (χ1v) is 6.83. The number of benzene rings is 1. The van der Waals surface area contributed by atoms with Gasteiger partial charge in [0.2, 0.25) is 0 Å². The van der Waals surface area contributed by atoms with Crippen molar-refractivity contribution in [2.24, 2.45) is 0 Å². The molecule has 2 aromatic rings. The highest BCUT2D eigenvalue weighted by Gasteiger charge is 2.17. The lowest BCUT2D eigenvalue weighted by molar-refractivity contribution is 0.131. The van der Waals surface area contributed by atoms with Crippen LogP contribution < -0.4 is 5.32 Å². The Morgan fingerprint density at radius 3 is 3.11 bits per heavy atom. The first-order valence-electron chi connectivity index (χ1n) is 6.45. The fourth-order valence-electron chi connectivity index (χ4n) is 2.31. The average molecular weight is 278 g/mol. The standard InChI is InChI=1S/C14H16ClN3O/c15-12-3-2-10(13-4-6-17-18-13)8-11(12)14-9-19-7-1-5-16-14/h2-4,6,8,14,16H,1,5,7,9H2,(H,17,18). The van der Waals surface area contributed by atoms with Crippen molar-refractivity contribution < 1.29 is 4.74 Å². The van der Waals surface area contributed by atoms with E-state index < -0.39 is 0 Å². The third-order valence-corrected chi connectivity index (χ3v) is 3.67. The molecule has 0 amide bonds. The number of hydrogen-bond donors (Lipinski definition) is 2. The molecule has 1 saturated heterocycles. The number of aromatic nitrogens is 2. The zero-order chi connectivity index (χ0) is 13.1. The SMILES string of the molecule is Clc1ccc(-c2ccn[nH]2)cc1C1COCCCN1. The van der Waals surface area contributed by atoms with Crippen LogP contribution in [-0.2, 0) is 4.74 Å². The van der Waals surface area contributed by atoms with Crippen molar-refractivity contribution >= 4 is 11.6 Å². The molecule has 4 nitrogen and oxygen atoms in total. The maximum Gasteiger partial charge on any atom is 0.0662 e. The van der Waals surface area contributed by atoms with Crippen LogP contribution in [0, 0.1) is 0 Å². The Bertz CT molecular complexity index is 534. The van der Waals surface area contributed by atoms with Gasteiger partial charge in [0, 0.05) is 17.8 Å². The van der Waals surface area contributed by atoms with Gasteiger partial charge in [0.1, 0.15) is 0 Å². The van der Waals surface area contributed by atoms with Gasteiger partial charge in [-0.2, -0.15) is 5.10 Å². The lowest BCUT2D eigenvalue weighted by atomic mass is 10.0. The molecular formula is C14H16ClN3O. The van der Waals surface area contributed by atoms with Gasteiger partial charge in [0.15, 0.2) is 0 Å². The normalized spacial score (nSPS) is 20.2. The number of H-pyrrole nitrogens is 1. The predicted octanol–water partition coefficient (Wildman–Crippen LogP) is 2.78. The minimum Gasteiger partial charge on any atom is -0.379 e. The molecule has 0 radical (unpaired) electrons. The Morgan fingerprint density at radius 1 is 1.32 bits per heavy atom. The Morgan fingerprint density at radius 2 is 2.26 bits per heavy atom. The summed E-state index contributed by atoms with van der Waals surface area (Å²) in [6.07, 6.45) is 2.78. The van der Waals surface area contributed by atoms with E-state index in [1.165, 1.54) is 0 Å². The molecule has 100 valence electrons. The quantitative estimate of drug-likeness (QED) is 0.887. The van der Waals surface area contributed by atoms with E-state index in [-0.39, 0.29) is 6.04 Å². The highest BCUT2D eigenvalue weighted by molar-refractivity contribution is 6.31. The summed E-state index contributed by atoms with van der Waals surface area (Å²) < 4.78 is 5.61. The fraction of sp³-hybridized carbons (Fsp3) is 0.357. The van der Waals surface area contributed by atoms with Crippen LogP contribution in [0.15, 0.2) is 30.5 Å². The number of halogens is 1. The summed E-state index contributed by atoms with van der Waals surface area (Å²) in [5.74, 6) is 0. The monoisotopic (exact) mass is 277 g/mol. The van der Waals surface area contributed by atoms with Crippen molar-refractivity contribution in [2.75, 3.05) is 19.8 Å². The summed E-state index contributed by atoms with van der Waals surface area (Å²) in [5.41, 5.74) is 3.16. The molecule has 0 bridgehead atoms. The van der Waals surface area contributed by atoms with Gasteiger partial charge >= 0.3 is 0 Å². The summed E-state index contributed by atoms with van der Waals surface area (Å²) in [4.78, 5) is 0. The van der Waals surface area contributed by atoms with Gasteiger partial charge < -0.3 is 10.1 Å². The Hall–Kier alpha value is -1.36. The molecule has 2 N–H and O–H groups in total. The molecule has 0 saturated carbocycles. The van der Waals surface area contributed by atoms with E-state index in [0.717, 1.165) is 41.4 Å². The first-order chi connectivity index (χ1) is 9.34. The average Bonchev–Trinajstić information content (AvgIpc) is 2.82. The second-order valence-corrected chi connectivity index (χ2v) is 5.05. The molecule has 1 atom stereocenters. The lowest BCUT2D eigenvalue weighted by Gasteiger charge is -2.18. The van der Waals surface area contributed by atoms with Gasteiger partial charge in [-0.05, 0) is 42.3 Å². The van der Waals surface area contributed by atoms with Crippen LogP contribution in [0.1, 0.15) is 18.0 Å². The molecule has 1 aromatic carbocycles. The summed E-state index contributed by atoms with van der Waals surface area (Å²) in [7, 11) is 0. The fourth-order valence-corrected chi connectivity index (χ4v) is 2.55. The maximum atomic E-state index is 6.32. The highest BCUT2D eigenvalue weighted by atomic mass is 35.5. The van der Waals surface area contributed by atoms with Crippen LogP contribution in [0.25, 0.3) is 11.3 Å². The van der Waals surface area contributed by atoms with Gasteiger partial charge in [-0.1, -0.05) is 17.7 Å². The second kappa shape index (κ2) is 5.74. The van der Waals surface area contributed by atoms with Gasteiger partial charge in [0.05, 0.1) is 18.3 Å². The van der Waals surface area contributed by atoms with Crippen LogP contribution >= 0.6 is 11.6 Å². The third kappa shape index (κ3) is 2.81. The minimum absolute atomic E-state index is 0.151. The number of rotatable bonds is 2. The minimum atomic E-state index is 0.151. The number of hydrogen-bond acceptors (Lipinski definition) is 3. The maximum absolute atomic E-state index is 6.32. The van der Waals surface area contributed by atoms with E-state index in [1.807, 2.05) is 18.2 Å². The second-order valence-electron chi connectivity index (χ2n) is 4.64. The summed E-state index contributed by atoms with van der Waals surface area (Å²) in [6.45, 7) is 2.42. The molecule has 0 aliphatic carbocycles. The Kier molecular flexibility index (Phi) is 3.82. The molecule has 2 heterocycles. The van der Waals surface area contributed by atoms with E-state index in [0.29, 0.717) is 6.61 Å². The molecule has 1 aliphatic heterocycles. The lowest BCUT2D eigenvalue weighted by Crippen LogP contribution is -2.23. The van der Waals surface area contributed by atoms with Crippen LogP contribution in [0.3, 0.4) is 0 Å². The van der Waals surface area contributed by atoms with Gasteiger partial charge in [-0.25, -0.2) is 0 Å². The molecular weight excluding hydrogens is 262 g/mol. The molecule has 1 fully saturated rings. The molecule has 1 aromatic heterocycles. The molecule has 1 unspecified atom stereocenters. The van der Waals surface area contributed by atoms with Crippen molar-refractivity contribution in [3.05, 3.63) is 41.0 Å². The van der Waals surface area contributed by atoms with Crippen LogP contribution in [0.4, 0.5) is 0 Å². The molecule has 19 heavy (non-hydrogen) atoms. The topological polar surface area (TPSA) is 49.9 Å². The Labute approximate surface area is 117 Å². The van der Waals surface area contributed by atoms with Gasteiger partial charge in [-0.3, -0.25) is 5.10 Å². The largest absolute Gasteiger partial charge is 0.379 e. The number of aromatic amines is 1. The summed E-state index contributed by atoms with van der Waals surface area (Å²) >= 11 is 6.32. The molecule has 0 spiro atoms. The van der Waals surface area contributed by atoms with Crippen molar-refractivity contribution in [2.45, 2.75) is 12.5 Å². The zero-order valence-corrected chi connectivity index (χ0v) is 11.3. The summed E-state index contributed by atoms with van der Waals surface area (Å²) in [6, 6.07) is 8.13. The molecule has 3 rings (SSSR count). The van der Waals surface area contributed by atoms with E-state index in [9.17, 15) is 0 Å². The number of nitrogens with zero attached hydrogens (tertiary/aromatic N) is 1. The number of ether oxygens (including phenoxy) is 1. The van der Waals surface area contributed by atoms with Crippen molar-refractivity contribution in [3.8, 4) is 11.3 Å². The van der Waals surface area contributed by atoms with E-state index >= 15 is 0 Å². The summed E-state index contributed by atoms with van der Waals surface area (Å²) in [5, 5.41) is 11.2. The van der Waals surface area contributed by atoms with Crippen LogP contribution in [0.5, 0.6) is 0 Å². The van der Waals surface area contributed by atoms with Crippen molar-refractivity contribution in [1.82, 2.24) is 15.5 Å². The van der Waals surface area contributed by atoms with Crippen LogP contribution in [0.2, 0.25) is 5.02 Å². The smallest absolute Gasteiger partial charge is 0.0662 e. The van der Waals surface area contributed by atoms with E-state index in [4.69, 9.17) is 16.3 Å². The Balaban J connectivity index is 1.93. The van der Waals surface area contributed by atoms with Crippen molar-refractivity contribution in [3.63, 3.8) is 0 Å². The zero-order valence-electron chi connectivity index (χ0n) is 10.5. The third-order valence-electron chi connectivity index (χ3n) is 3.32. The van der Waals surface area contributed by atoms with Crippen LogP contribution in [-0.4, -0.2) is 30.0 Å².